The third-order valence-electron chi connectivity index (χ3n) is 2.15. The minimum Gasteiger partial charge on any atom is -0.216 e. The minimum absolute atomic E-state index is 0.0552. The summed E-state index contributed by atoms with van der Waals surface area (Å²) in [5.74, 6) is 0.676. The highest BCUT2D eigenvalue weighted by Crippen LogP contribution is 2.22. The van der Waals surface area contributed by atoms with Crippen LogP contribution in [0.4, 0.5) is 0 Å². The van der Waals surface area contributed by atoms with Crippen molar-refractivity contribution in [2.24, 2.45) is 0 Å². The Morgan fingerprint density at radius 2 is 2.00 bits per heavy atom. The third kappa shape index (κ3) is 1.36. The molecule has 0 aromatic carbocycles. The van der Waals surface area contributed by atoms with Gasteiger partial charge in [-0.2, -0.15) is 10.1 Å². The van der Waals surface area contributed by atoms with Gasteiger partial charge in [-0.1, -0.05) is 20.8 Å². The second kappa shape index (κ2) is 2.77. The first-order chi connectivity index (χ1) is 6.48. The van der Waals surface area contributed by atoms with Crippen LogP contribution in [0, 0.1) is 6.92 Å². The zero-order chi connectivity index (χ0) is 10.3. The lowest BCUT2D eigenvalue weighted by Crippen LogP contribution is -2.18. The summed E-state index contributed by atoms with van der Waals surface area (Å²) in [6.07, 6.45) is 1.54. The second-order valence-corrected chi connectivity index (χ2v) is 4.50. The monoisotopic (exact) mass is 190 g/mol. The van der Waals surface area contributed by atoms with Gasteiger partial charge in [-0.3, -0.25) is 0 Å². The van der Waals surface area contributed by atoms with Crippen LogP contribution >= 0.6 is 0 Å². The molecule has 0 radical (unpaired) electrons. The summed E-state index contributed by atoms with van der Waals surface area (Å²) in [6, 6.07) is 2.06. The normalized spacial score (nSPS) is 12.3. The third-order valence-corrected chi connectivity index (χ3v) is 2.15. The van der Waals surface area contributed by atoms with Crippen LogP contribution in [-0.4, -0.2) is 19.6 Å². The molecular weight excluding hydrogens is 176 g/mol. The molecule has 0 fully saturated rings. The summed E-state index contributed by atoms with van der Waals surface area (Å²) in [7, 11) is 0. The first kappa shape index (κ1) is 9.12. The molecule has 0 aliphatic rings. The fourth-order valence-electron chi connectivity index (χ4n) is 1.46. The largest absolute Gasteiger partial charge is 0.252 e. The lowest BCUT2D eigenvalue weighted by Gasteiger charge is -2.19. The van der Waals surface area contributed by atoms with E-state index in [2.05, 4.69) is 41.9 Å². The van der Waals surface area contributed by atoms with Gasteiger partial charge in [0.05, 0.1) is 5.69 Å². The van der Waals surface area contributed by atoms with Gasteiger partial charge in [0.2, 0.25) is 0 Å². The van der Waals surface area contributed by atoms with Crippen LogP contribution in [0.5, 0.6) is 0 Å². The molecule has 0 saturated heterocycles. The molecule has 14 heavy (non-hydrogen) atoms. The molecule has 4 nitrogen and oxygen atoms in total. The number of fused-ring (bicyclic) bond motifs is 1. The van der Waals surface area contributed by atoms with Crippen molar-refractivity contribution >= 4 is 5.78 Å². The van der Waals surface area contributed by atoms with Crippen LogP contribution in [-0.2, 0) is 5.41 Å². The Hall–Kier alpha value is -1.45. The summed E-state index contributed by atoms with van der Waals surface area (Å²) >= 11 is 0. The molecule has 2 aromatic rings. The average Bonchev–Trinajstić information content (AvgIpc) is 2.47. The van der Waals surface area contributed by atoms with Crippen LogP contribution in [0.1, 0.15) is 32.2 Å². The van der Waals surface area contributed by atoms with Crippen molar-refractivity contribution in [2.75, 3.05) is 0 Å². The lowest BCUT2D eigenvalue weighted by atomic mass is 9.91. The Kier molecular flexibility index (Phi) is 1.80. The molecule has 0 saturated carbocycles. The fraction of sp³-hybridized carbons (Fsp3) is 0.500. The smallest absolute Gasteiger partial charge is 0.216 e. The van der Waals surface area contributed by atoms with Gasteiger partial charge < -0.3 is 0 Å². The van der Waals surface area contributed by atoms with E-state index >= 15 is 0 Å². The molecule has 2 aromatic heterocycles. The quantitative estimate of drug-likeness (QED) is 0.635. The molecular formula is C10H14N4. The highest BCUT2D eigenvalue weighted by molar-refractivity contribution is 5.32. The Labute approximate surface area is 83.0 Å². The number of rotatable bonds is 0. The van der Waals surface area contributed by atoms with Gasteiger partial charge in [0.25, 0.3) is 5.78 Å². The van der Waals surface area contributed by atoms with Crippen molar-refractivity contribution in [3.8, 4) is 0 Å². The molecule has 0 N–H and O–H groups in total. The molecule has 74 valence electrons. The SMILES string of the molecule is Cc1cc(C(C)(C)C)n2ncnc2n1. The van der Waals surface area contributed by atoms with Gasteiger partial charge in [-0.25, -0.2) is 9.50 Å². The number of hydrogen-bond acceptors (Lipinski definition) is 3. The predicted molar refractivity (Wildman–Crippen MR) is 54.2 cm³/mol. The predicted octanol–water partition coefficient (Wildman–Crippen LogP) is 1.73. The van der Waals surface area contributed by atoms with Crippen molar-refractivity contribution in [1.29, 1.82) is 0 Å². The summed E-state index contributed by atoms with van der Waals surface area (Å²) in [5.41, 5.74) is 2.17. The van der Waals surface area contributed by atoms with Crippen molar-refractivity contribution in [1.82, 2.24) is 19.6 Å². The summed E-state index contributed by atoms with van der Waals surface area (Å²) in [6.45, 7) is 8.44. The van der Waals surface area contributed by atoms with Gasteiger partial charge in [0.15, 0.2) is 0 Å². The Bertz CT molecular complexity index is 464. The van der Waals surface area contributed by atoms with Gasteiger partial charge in [0, 0.05) is 11.1 Å². The lowest BCUT2D eigenvalue weighted by molar-refractivity contribution is 0.545. The van der Waals surface area contributed by atoms with Gasteiger partial charge >= 0.3 is 0 Å². The van der Waals surface area contributed by atoms with Crippen molar-refractivity contribution in [2.45, 2.75) is 33.1 Å². The first-order valence-corrected chi connectivity index (χ1v) is 4.66. The summed E-state index contributed by atoms with van der Waals surface area (Å²) < 4.78 is 1.80. The first-order valence-electron chi connectivity index (χ1n) is 4.66. The van der Waals surface area contributed by atoms with Gasteiger partial charge in [-0.05, 0) is 13.0 Å². The maximum Gasteiger partial charge on any atom is 0.252 e. The highest BCUT2D eigenvalue weighted by atomic mass is 15.3. The maximum atomic E-state index is 4.30. The number of aryl methyl sites for hydroxylation is 1. The number of nitrogens with zero attached hydrogens (tertiary/aromatic N) is 4. The van der Waals surface area contributed by atoms with Crippen LogP contribution in [0.2, 0.25) is 0 Å². The minimum atomic E-state index is 0.0552. The topological polar surface area (TPSA) is 43.1 Å². The Morgan fingerprint density at radius 1 is 1.29 bits per heavy atom. The van der Waals surface area contributed by atoms with E-state index in [4.69, 9.17) is 0 Å². The van der Waals surface area contributed by atoms with Crippen molar-refractivity contribution in [3.05, 3.63) is 23.8 Å². The summed E-state index contributed by atoms with van der Waals surface area (Å²) in [4.78, 5) is 8.39. The second-order valence-electron chi connectivity index (χ2n) is 4.50. The molecule has 0 aliphatic carbocycles. The fourth-order valence-corrected chi connectivity index (χ4v) is 1.46. The Balaban J connectivity index is 2.80. The Morgan fingerprint density at radius 3 is 2.64 bits per heavy atom. The zero-order valence-electron chi connectivity index (χ0n) is 8.94. The molecule has 4 heteroatoms. The van der Waals surface area contributed by atoms with Gasteiger partial charge in [-0.15, -0.1) is 0 Å². The number of hydrogen-bond donors (Lipinski definition) is 0. The van der Waals surface area contributed by atoms with Gasteiger partial charge in [0.1, 0.15) is 6.33 Å². The van der Waals surface area contributed by atoms with E-state index in [0.717, 1.165) is 11.4 Å². The molecule has 0 bridgehead atoms. The molecule has 0 amide bonds. The van der Waals surface area contributed by atoms with E-state index in [-0.39, 0.29) is 5.41 Å². The number of aromatic nitrogens is 4. The van der Waals surface area contributed by atoms with Crippen LogP contribution < -0.4 is 0 Å². The van der Waals surface area contributed by atoms with E-state index in [9.17, 15) is 0 Å². The average molecular weight is 190 g/mol. The zero-order valence-corrected chi connectivity index (χ0v) is 8.94. The molecule has 0 spiro atoms. The van der Waals surface area contributed by atoms with E-state index < -0.39 is 0 Å². The van der Waals surface area contributed by atoms with Crippen LogP contribution in [0.25, 0.3) is 5.78 Å². The van der Waals surface area contributed by atoms with Crippen molar-refractivity contribution < 1.29 is 0 Å². The van der Waals surface area contributed by atoms with Crippen LogP contribution in [0.3, 0.4) is 0 Å². The van der Waals surface area contributed by atoms with E-state index in [0.29, 0.717) is 5.78 Å². The van der Waals surface area contributed by atoms with Crippen molar-refractivity contribution in [3.63, 3.8) is 0 Å². The van der Waals surface area contributed by atoms with E-state index in [1.807, 2.05) is 6.92 Å². The molecule has 0 unspecified atom stereocenters. The molecule has 0 aliphatic heterocycles. The summed E-state index contributed by atoms with van der Waals surface area (Å²) in [5, 5.41) is 4.17. The van der Waals surface area contributed by atoms with Crippen LogP contribution in [0.15, 0.2) is 12.4 Å². The molecule has 2 rings (SSSR count). The standard InChI is InChI=1S/C10H14N4/c1-7-5-8(10(2,3)4)14-9(13-7)11-6-12-14/h5-6H,1-4H3. The molecule has 2 heterocycles. The molecule has 0 atom stereocenters. The maximum absolute atomic E-state index is 4.30. The van der Waals surface area contributed by atoms with E-state index in [1.54, 1.807) is 4.52 Å². The highest BCUT2D eigenvalue weighted by Gasteiger charge is 2.19. The van der Waals surface area contributed by atoms with E-state index in [1.165, 1.54) is 6.33 Å².